The highest BCUT2D eigenvalue weighted by Crippen LogP contribution is 2.17. The Morgan fingerprint density at radius 3 is 2.71 bits per heavy atom. The van der Waals surface area contributed by atoms with Crippen molar-refractivity contribution < 1.29 is 14.4 Å². The van der Waals surface area contributed by atoms with Gasteiger partial charge < -0.3 is 16.0 Å². The van der Waals surface area contributed by atoms with Gasteiger partial charge in [0.15, 0.2) is 6.04 Å². The molecule has 3 amide bonds. The maximum atomic E-state index is 12.3. The van der Waals surface area contributed by atoms with E-state index in [9.17, 15) is 14.4 Å². The molecule has 1 heterocycles. The van der Waals surface area contributed by atoms with Gasteiger partial charge in [-0.2, -0.15) is 0 Å². The molecule has 0 bridgehead atoms. The van der Waals surface area contributed by atoms with Gasteiger partial charge in [0, 0.05) is 12.1 Å². The molecule has 0 aliphatic carbocycles. The summed E-state index contributed by atoms with van der Waals surface area (Å²) in [6.07, 6.45) is 10.9. The predicted octanol–water partition coefficient (Wildman–Crippen LogP) is 1.06. The van der Waals surface area contributed by atoms with Crippen molar-refractivity contribution in [1.29, 1.82) is 0 Å². The van der Waals surface area contributed by atoms with Crippen LogP contribution in [0.3, 0.4) is 0 Å². The number of hydrogen-bond donors (Lipinski definition) is 3. The molecule has 6 nitrogen and oxygen atoms in total. The number of amides is 3. The predicted molar refractivity (Wildman–Crippen MR) is 91.7 cm³/mol. The topological polar surface area (TPSA) is 87.3 Å². The van der Waals surface area contributed by atoms with Crippen LogP contribution < -0.4 is 16.0 Å². The zero-order valence-electron chi connectivity index (χ0n) is 13.2. The highest BCUT2D eigenvalue weighted by Gasteiger charge is 2.19. The van der Waals surface area contributed by atoms with E-state index in [-0.39, 0.29) is 12.5 Å². The average Bonchev–Trinajstić information content (AvgIpc) is 2.58. The van der Waals surface area contributed by atoms with E-state index in [2.05, 4.69) is 21.9 Å². The second kappa shape index (κ2) is 8.53. The highest BCUT2D eigenvalue weighted by atomic mass is 16.2. The number of fused-ring (bicyclic) bond motifs is 1. The van der Waals surface area contributed by atoms with Crippen LogP contribution in [0.15, 0.2) is 30.3 Å². The molecule has 1 aromatic rings. The lowest BCUT2D eigenvalue weighted by Gasteiger charge is -2.15. The van der Waals surface area contributed by atoms with E-state index in [1.807, 2.05) is 24.3 Å². The molecule has 124 valence electrons. The van der Waals surface area contributed by atoms with E-state index in [1.165, 1.54) is 0 Å². The lowest BCUT2D eigenvalue weighted by molar-refractivity contribution is -0.127. The molecule has 0 radical (unpaired) electrons. The summed E-state index contributed by atoms with van der Waals surface area (Å²) >= 11 is 0. The Morgan fingerprint density at radius 2 is 1.92 bits per heavy atom. The summed E-state index contributed by atoms with van der Waals surface area (Å²) in [6.45, 7) is -0.212. The molecular formula is C18H19N3O3. The SMILES string of the molecule is C#CC1NC(=O)CNC(=O)CCCC=Cc2ccccc2NC1=O. The van der Waals surface area contributed by atoms with Gasteiger partial charge in [0.2, 0.25) is 11.8 Å². The molecule has 1 aromatic carbocycles. The van der Waals surface area contributed by atoms with Crippen LogP contribution in [0.1, 0.15) is 24.8 Å². The maximum Gasteiger partial charge on any atom is 0.259 e. The van der Waals surface area contributed by atoms with Crippen molar-refractivity contribution in [2.75, 3.05) is 11.9 Å². The van der Waals surface area contributed by atoms with Crippen LogP contribution in [-0.4, -0.2) is 30.3 Å². The van der Waals surface area contributed by atoms with Crippen LogP contribution in [0, 0.1) is 12.3 Å². The molecule has 24 heavy (non-hydrogen) atoms. The number of benzene rings is 1. The minimum absolute atomic E-state index is 0.212. The second-order valence-electron chi connectivity index (χ2n) is 5.32. The standard InChI is InChI=1S/C18H19N3O3/c1-2-14-18(24)21-15-10-7-6-9-13(15)8-4-3-5-11-16(22)19-12-17(23)20-14/h1,4,6-10,14H,3,5,11-12H2,(H,19,22)(H,20,23)(H,21,24). The normalized spacial score (nSPS) is 19.6. The fraction of sp³-hybridized carbons (Fsp3) is 0.278. The Hall–Kier alpha value is -3.07. The van der Waals surface area contributed by atoms with Gasteiger partial charge in [-0.25, -0.2) is 0 Å². The fourth-order valence-corrected chi connectivity index (χ4v) is 2.21. The maximum absolute atomic E-state index is 12.3. The minimum Gasteiger partial charge on any atom is -0.347 e. The Kier molecular flexibility index (Phi) is 6.15. The quantitative estimate of drug-likeness (QED) is 0.623. The van der Waals surface area contributed by atoms with Crippen molar-refractivity contribution in [2.24, 2.45) is 0 Å². The third-order valence-electron chi connectivity index (χ3n) is 3.47. The minimum atomic E-state index is -1.11. The van der Waals surface area contributed by atoms with Crippen LogP contribution in [0.25, 0.3) is 6.08 Å². The number of anilines is 1. The molecule has 0 aromatic heterocycles. The van der Waals surface area contributed by atoms with Gasteiger partial charge in [-0.15, -0.1) is 6.42 Å². The molecule has 0 saturated heterocycles. The lowest BCUT2D eigenvalue weighted by Crippen LogP contribution is -2.46. The van der Waals surface area contributed by atoms with Gasteiger partial charge in [-0.3, -0.25) is 14.4 Å². The monoisotopic (exact) mass is 325 g/mol. The molecule has 2 rings (SSSR count). The summed E-state index contributed by atoms with van der Waals surface area (Å²) in [5, 5.41) is 7.65. The van der Waals surface area contributed by atoms with Gasteiger partial charge >= 0.3 is 0 Å². The third-order valence-corrected chi connectivity index (χ3v) is 3.47. The van der Waals surface area contributed by atoms with Crippen molar-refractivity contribution in [3.8, 4) is 12.3 Å². The number of hydrogen-bond acceptors (Lipinski definition) is 3. The Morgan fingerprint density at radius 1 is 1.12 bits per heavy atom. The summed E-state index contributed by atoms with van der Waals surface area (Å²) in [5.74, 6) is 1.01. The molecule has 6 heteroatoms. The van der Waals surface area contributed by atoms with Gasteiger partial charge in [-0.1, -0.05) is 36.3 Å². The summed E-state index contributed by atoms with van der Waals surface area (Å²) in [7, 11) is 0. The molecule has 0 spiro atoms. The summed E-state index contributed by atoms with van der Waals surface area (Å²) < 4.78 is 0. The van der Waals surface area contributed by atoms with E-state index < -0.39 is 17.9 Å². The number of para-hydroxylation sites is 1. The van der Waals surface area contributed by atoms with Crippen LogP contribution >= 0.6 is 0 Å². The first-order chi connectivity index (χ1) is 11.6. The first kappa shape index (κ1) is 17.3. The molecule has 0 fully saturated rings. The number of carbonyl (C=O) groups excluding carboxylic acids is 3. The van der Waals surface area contributed by atoms with Crippen molar-refractivity contribution >= 4 is 29.5 Å². The van der Waals surface area contributed by atoms with E-state index in [0.29, 0.717) is 18.5 Å². The lowest BCUT2D eigenvalue weighted by atomic mass is 10.1. The number of rotatable bonds is 0. The smallest absolute Gasteiger partial charge is 0.259 e. The van der Waals surface area contributed by atoms with Gasteiger partial charge in [-0.05, 0) is 24.5 Å². The van der Waals surface area contributed by atoms with E-state index in [1.54, 1.807) is 12.1 Å². The molecule has 1 aliphatic rings. The Balaban J connectivity index is 2.24. The fourth-order valence-electron chi connectivity index (χ4n) is 2.21. The van der Waals surface area contributed by atoms with E-state index in [0.717, 1.165) is 12.0 Å². The molecule has 0 saturated carbocycles. The highest BCUT2D eigenvalue weighted by molar-refractivity contribution is 6.00. The van der Waals surface area contributed by atoms with Crippen LogP contribution in [-0.2, 0) is 14.4 Å². The number of allylic oxidation sites excluding steroid dienone is 1. The molecule has 1 aliphatic heterocycles. The summed E-state index contributed by atoms with van der Waals surface area (Å²) in [5.41, 5.74) is 1.43. The van der Waals surface area contributed by atoms with Crippen LogP contribution in [0.2, 0.25) is 0 Å². The van der Waals surface area contributed by atoms with Crippen LogP contribution in [0.4, 0.5) is 5.69 Å². The van der Waals surface area contributed by atoms with E-state index in [4.69, 9.17) is 6.42 Å². The molecular weight excluding hydrogens is 306 g/mol. The first-order valence-electron chi connectivity index (χ1n) is 7.69. The summed E-state index contributed by atoms with van der Waals surface area (Å²) in [6, 6.07) is 6.16. The largest absolute Gasteiger partial charge is 0.347 e. The third kappa shape index (κ3) is 4.99. The van der Waals surface area contributed by atoms with Crippen molar-refractivity contribution in [3.05, 3.63) is 35.9 Å². The number of carbonyl (C=O) groups is 3. The van der Waals surface area contributed by atoms with Crippen molar-refractivity contribution in [2.45, 2.75) is 25.3 Å². The second-order valence-corrected chi connectivity index (χ2v) is 5.32. The van der Waals surface area contributed by atoms with Gasteiger partial charge in [0.25, 0.3) is 5.91 Å². The van der Waals surface area contributed by atoms with E-state index >= 15 is 0 Å². The Bertz CT molecular complexity index is 704. The first-order valence-corrected chi connectivity index (χ1v) is 7.69. The van der Waals surface area contributed by atoms with Crippen molar-refractivity contribution in [3.63, 3.8) is 0 Å². The zero-order chi connectivity index (χ0) is 17.4. The Labute approximate surface area is 140 Å². The molecule has 1 atom stereocenters. The molecule has 1 unspecified atom stereocenters. The summed E-state index contributed by atoms with van der Waals surface area (Å²) in [4.78, 5) is 35.7. The average molecular weight is 325 g/mol. The molecule has 3 N–H and O–H groups in total. The van der Waals surface area contributed by atoms with Gasteiger partial charge in [0.1, 0.15) is 0 Å². The van der Waals surface area contributed by atoms with Gasteiger partial charge in [0.05, 0.1) is 6.54 Å². The number of nitrogens with one attached hydrogen (secondary N) is 3. The zero-order valence-corrected chi connectivity index (χ0v) is 13.2. The van der Waals surface area contributed by atoms with Crippen molar-refractivity contribution in [1.82, 2.24) is 10.6 Å². The number of terminal acetylenes is 1. The van der Waals surface area contributed by atoms with Crippen LogP contribution in [0.5, 0.6) is 0 Å².